The molecular weight excluding hydrogens is 240 g/mol. The van der Waals surface area contributed by atoms with Crippen LogP contribution in [0, 0.1) is 13.8 Å². The molecule has 5 nitrogen and oxygen atoms in total. The molecular formula is C14H16N4O. The smallest absolute Gasteiger partial charge is 0.248 e. The van der Waals surface area contributed by atoms with Crippen molar-refractivity contribution >= 4 is 11.9 Å². The molecule has 2 aromatic rings. The normalized spacial score (nSPS) is 11.9. The highest BCUT2D eigenvalue weighted by molar-refractivity contribution is 5.93. The van der Waals surface area contributed by atoms with Gasteiger partial charge >= 0.3 is 0 Å². The van der Waals surface area contributed by atoms with Gasteiger partial charge in [0.25, 0.3) is 0 Å². The predicted molar refractivity (Wildman–Crippen MR) is 73.5 cm³/mol. The second-order valence-corrected chi connectivity index (χ2v) is 4.35. The first-order valence-electron chi connectivity index (χ1n) is 6.00. The lowest BCUT2D eigenvalue weighted by Crippen LogP contribution is -2.28. The van der Waals surface area contributed by atoms with Gasteiger partial charge in [0.1, 0.15) is 6.04 Å². The number of carbonyl (C=O) groups is 1. The molecule has 0 aliphatic heterocycles. The fourth-order valence-electron chi connectivity index (χ4n) is 1.78. The van der Waals surface area contributed by atoms with Crippen LogP contribution in [0.15, 0.2) is 36.4 Å². The fourth-order valence-corrected chi connectivity index (χ4v) is 1.78. The van der Waals surface area contributed by atoms with E-state index < -0.39 is 6.04 Å². The largest absolute Gasteiger partial charge is 0.316 e. The predicted octanol–water partition coefficient (Wildman–Crippen LogP) is 1.73. The van der Waals surface area contributed by atoms with E-state index in [1.54, 1.807) is 0 Å². The Morgan fingerprint density at radius 3 is 2.32 bits per heavy atom. The van der Waals surface area contributed by atoms with Crippen molar-refractivity contribution < 1.29 is 4.79 Å². The summed E-state index contributed by atoms with van der Waals surface area (Å²) in [5.41, 5.74) is 8.25. The summed E-state index contributed by atoms with van der Waals surface area (Å²) in [6.07, 6.45) is 0. The molecule has 2 rings (SSSR count). The standard InChI is InChI=1S/C14H16N4O/c1-9-8-10(2)17-14(16-9)18-13(19)12(15)11-6-4-3-5-7-11/h3-8,12H,15H2,1-2H3,(H,16,17,18,19)/t12-/m1/s1. The molecule has 0 unspecified atom stereocenters. The first-order chi connectivity index (χ1) is 9.06. The molecule has 0 bridgehead atoms. The average molecular weight is 256 g/mol. The van der Waals surface area contributed by atoms with Gasteiger partial charge in [-0.25, -0.2) is 9.97 Å². The lowest BCUT2D eigenvalue weighted by molar-refractivity contribution is -0.117. The van der Waals surface area contributed by atoms with Gasteiger partial charge < -0.3 is 5.73 Å². The molecule has 0 saturated heterocycles. The van der Waals surface area contributed by atoms with E-state index in [9.17, 15) is 4.79 Å². The van der Waals surface area contributed by atoms with Gasteiger partial charge in [0.15, 0.2) is 0 Å². The highest BCUT2D eigenvalue weighted by Gasteiger charge is 2.16. The van der Waals surface area contributed by atoms with Gasteiger partial charge in [-0.05, 0) is 25.5 Å². The number of nitrogens with two attached hydrogens (primary N) is 1. The first kappa shape index (κ1) is 13.2. The van der Waals surface area contributed by atoms with Crippen LogP contribution in [-0.2, 0) is 4.79 Å². The van der Waals surface area contributed by atoms with E-state index in [4.69, 9.17) is 5.73 Å². The van der Waals surface area contributed by atoms with Crippen LogP contribution in [0.5, 0.6) is 0 Å². The molecule has 0 fully saturated rings. The van der Waals surface area contributed by atoms with Gasteiger partial charge in [-0.2, -0.15) is 0 Å². The summed E-state index contributed by atoms with van der Waals surface area (Å²) in [5.74, 6) is -0.0370. The second-order valence-electron chi connectivity index (χ2n) is 4.35. The van der Waals surface area contributed by atoms with Crippen molar-refractivity contribution in [3.63, 3.8) is 0 Å². The third-order valence-corrected chi connectivity index (χ3v) is 2.66. The molecule has 0 aliphatic carbocycles. The number of nitrogens with one attached hydrogen (secondary N) is 1. The summed E-state index contributed by atoms with van der Waals surface area (Å²) in [7, 11) is 0. The molecule has 1 aromatic carbocycles. The number of hydrogen-bond donors (Lipinski definition) is 2. The zero-order valence-corrected chi connectivity index (χ0v) is 10.9. The van der Waals surface area contributed by atoms with Gasteiger partial charge in [0.2, 0.25) is 11.9 Å². The summed E-state index contributed by atoms with van der Waals surface area (Å²) in [5, 5.41) is 2.64. The van der Waals surface area contributed by atoms with Crippen LogP contribution < -0.4 is 11.1 Å². The first-order valence-corrected chi connectivity index (χ1v) is 6.00. The molecule has 5 heteroatoms. The van der Waals surface area contributed by atoms with E-state index in [0.717, 1.165) is 17.0 Å². The third-order valence-electron chi connectivity index (χ3n) is 2.66. The number of aryl methyl sites for hydroxylation is 2. The van der Waals surface area contributed by atoms with E-state index in [1.165, 1.54) is 0 Å². The molecule has 3 N–H and O–H groups in total. The summed E-state index contributed by atoms with van der Waals surface area (Å²) >= 11 is 0. The van der Waals surface area contributed by atoms with Crippen LogP contribution in [0.25, 0.3) is 0 Å². The van der Waals surface area contributed by atoms with Crippen molar-refractivity contribution in [2.75, 3.05) is 5.32 Å². The molecule has 1 heterocycles. The van der Waals surface area contributed by atoms with E-state index in [0.29, 0.717) is 0 Å². The van der Waals surface area contributed by atoms with Crippen molar-refractivity contribution in [2.45, 2.75) is 19.9 Å². The molecule has 0 spiro atoms. The molecule has 1 atom stereocenters. The van der Waals surface area contributed by atoms with Crippen molar-refractivity contribution in [3.8, 4) is 0 Å². The van der Waals surface area contributed by atoms with Gasteiger partial charge in [-0.3, -0.25) is 10.1 Å². The third kappa shape index (κ3) is 3.35. The number of carbonyl (C=O) groups excluding carboxylic acids is 1. The summed E-state index contributed by atoms with van der Waals surface area (Å²) in [4.78, 5) is 20.3. The number of amides is 1. The fraction of sp³-hybridized carbons (Fsp3) is 0.214. The molecule has 0 aliphatic rings. The zero-order valence-electron chi connectivity index (χ0n) is 10.9. The van der Waals surface area contributed by atoms with Gasteiger partial charge in [-0.15, -0.1) is 0 Å². The zero-order chi connectivity index (χ0) is 13.8. The van der Waals surface area contributed by atoms with Gasteiger partial charge in [0.05, 0.1) is 0 Å². The Morgan fingerprint density at radius 2 is 1.74 bits per heavy atom. The lowest BCUT2D eigenvalue weighted by atomic mass is 10.1. The van der Waals surface area contributed by atoms with E-state index >= 15 is 0 Å². The van der Waals surface area contributed by atoms with Gasteiger partial charge in [0, 0.05) is 11.4 Å². The van der Waals surface area contributed by atoms with Crippen LogP contribution >= 0.6 is 0 Å². The Labute approximate surface area is 111 Å². The van der Waals surface area contributed by atoms with Crippen LogP contribution in [-0.4, -0.2) is 15.9 Å². The number of nitrogens with zero attached hydrogens (tertiary/aromatic N) is 2. The minimum absolute atomic E-state index is 0.286. The van der Waals surface area contributed by atoms with E-state index in [2.05, 4.69) is 15.3 Å². The number of aromatic nitrogens is 2. The number of hydrogen-bond acceptors (Lipinski definition) is 4. The van der Waals surface area contributed by atoms with Crippen LogP contribution in [0.2, 0.25) is 0 Å². The van der Waals surface area contributed by atoms with Crippen LogP contribution in [0.1, 0.15) is 23.0 Å². The molecule has 1 aromatic heterocycles. The van der Waals surface area contributed by atoms with E-state index in [1.807, 2.05) is 50.2 Å². The van der Waals surface area contributed by atoms with Crippen LogP contribution in [0.4, 0.5) is 5.95 Å². The number of benzene rings is 1. The van der Waals surface area contributed by atoms with Crippen LogP contribution in [0.3, 0.4) is 0 Å². The van der Waals surface area contributed by atoms with E-state index in [-0.39, 0.29) is 11.9 Å². The minimum Gasteiger partial charge on any atom is -0.316 e. The SMILES string of the molecule is Cc1cc(C)nc(NC(=O)[C@H](N)c2ccccc2)n1. The maximum Gasteiger partial charge on any atom is 0.248 e. The monoisotopic (exact) mass is 256 g/mol. The summed E-state index contributed by atoms with van der Waals surface area (Å²) in [6, 6.07) is 10.3. The lowest BCUT2D eigenvalue weighted by Gasteiger charge is -2.12. The molecule has 98 valence electrons. The van der Waals surface area contributed by atoms with Crippen molar-refractivity contribution in [1.29, 1.82) is 0 Å². The maximum atomic E-state index is 12.0. The Morgan fingerprint density at radius 1 is 1.16 bits per heavy atom. The van der Waals surface area contributed by atoms with Crippen molar-refractivity contribution in [1.82, 2.24) is 9.97 Å². The highest BCUT2D eigenvalue weighted by Crippen LogP contribution is 2.12. The Hall–Kier alpha value is -2.27. The second kappa shape index (κ2) is 5.58. The number of anilines is 1. The molecule has 0 radical (unpaired) electrons. The number of rotatable bonds is 3. The maximum absolute atomic E-state index is 12.0. The summed E-state index contributed by atoms with van der Waals surface area (Å²) < 4.78 is 0. The topological polar surface area (TPSA) is 80.9 Å². The molecule has 19 heavy (non-hydrogen) atoms. The minimum atomic E-state index is -0.731. The highest BCUT2D eigenvalue weighted by atomic mass is 16.2. The Balaban J connectivity index is 2.13. The molecule has 0 saturated carbocycles. The van der Waals surface area contributed by atoms with Crippen molar-refractivity contribution in [2.24, 2.45) is 5.73 Å². The Kier molecular flexibility index (Phi) is 3.87. The molecule has 1 amide bonds. The average Bonchev–Trinajstić information content (AvgIpc) is 2.37. The van der Waals surface area contributed by atoms with Crippen molar-refractivity contribution in [3.05, 3.63) is 53.3 Å². The van der Waals surface area contributed by atoms with Gasteiger partial charge in [-0.1, -0.05) is 30.3 Å². The Bertz CT molecular complexity index is 563. The quantitative estimate of drug-likeness (QED) is 0.876. The summed E-state index contributed by atoms with van der Waals surface area (Å²) in [6.45, 7) is 3.70.